The molecular formula is C17H10Cl3NOS. The molecule has 1 amide bonds. The lowest BCUT2D eigenvalue weighted by Crippen LogP contribution is -2.09. The maximum Gasteiger partial charge on any atom is 0.265 e. The fourth-order valence-corrected chi connectivity index (χ4v) is 3.61. The summed E-state index contributed by atoms with van der Waals surface area (Å²) in [6, 6.07) is 16.1. The van der Waals surface area contributed by atoms with Gasteiger partial charge in [-0.2, -0.15) is 0 Å². The fourth-order valence-electron chi connectivity index (χ4n) is 2.05. The number of thiophene rings is 1. The highest BCUT2D eigenvalue weighted by Crippen LogP contribution is 2.30. The highest BCUT2D eigenvalue weighted by Gasteiger charge is 2.11. The zero-order valence-electron chi connectivity index (χ0n) is 11.6. The van der Waals surface area contributed by atoms with Gasteiger partial charge in [0.25, 0.3) is 5.91 Å². The predicted molar refractivity (Wildman–Crippen MR) is 99.2 cm³/mol. The third-order valence-electron chi connectivity index (χ3n) is 3.08. The second-order valence-electron chi connectivity index (χ2n) is 4.78. The highest BCUT2D eigenvalue weighted by atomic mass is 35.5. The SMILES string of the molecule is O=C(Nc1cc(Cl)cc(Cl)c1)c1ccc(-c2ccc(Cl)cc2)s1. The van der Waals surface area contributed by atoms with Crippen LogP contribution in [0.4, 0.5) is 5.69 Å². The van der Waals surface area contributed by atoms with Gasteiger partial charge in [0.05, 0.1) is 4.88 Å². The van der Waals surface area contributed by atoms with Crippen molar-refractivity contribution in [2.45, 2.75) is 0 Å². The Morgan fingerprint density at radius 1 is 0.826 bits per heavy atom. The molecule has 0 aliphatic heterocycles. The highest BCUT2D eigenvalue weighted by molar-refractivity contribution is 7.17. The van der Waals surface area contributed by atoms with Gasteiger partial charge in [-0.15, -0.1) is 11.3 Å². The molecule has 116 valence electrons. The molecule has 3 aromatic rings. The Morgan fingerprint density at radius 2 is 1.48 bits per heavy atom. The lowest BCUT2D eigenvalue weighted by atomic mass is 10.2. The number of hydrogen-bond acceptors (Lipinski definition) is 2. The van der Waals surface area contributed by atoms with E-state index in [1.54, 1.807) is 24.3 Å². The van der Waals surface area contributed by atoms with Crippen LogP contribution in [0, 0.1) is 0 Å². The summed E-state index contributed by atoms with van der Waals surface area (Å²) in [6.45, 7) is 0. The minimum atomic E-state index is -0.200. The van der Waals surface area contributed by atoms with Crippen molar-refractivity contribution in [2.24, 2.45) is 0 Å². The molecule has 0 spiro atoms. The Hall–Kier alpha value is -1.52. The number of nitrogens with one attached hydrogen (secondary N) is 1. The summed E-state index contributed by atoms with van der Waals surface area (Å²) in [6.07, 6.45) is 0. The zero-order valence-corrected chi connectivity index (χ0v) is 14.7. The first-order chi connectivity index (χ1) is 11.0. The van der Waals surface area contributed by atoms with Crippen molar-refractivity contribution < 1.29 is 4.79 Å². The molecule has 0 radical (unpaired) electrons. The Labute approximate surface area is 152 Å². The van der Waals surface area contributed by atoms with Crippen molar-refractivity contribution in [3.8, 4) is 10.4 Å². The first kappa shape index (κ1) is 16.3. The van der Waals surface area contributed by atoms with Crippen molar-refractivity contribution in [3.05, 3.63) is 74.5 Å². The van der Waals surface area contributed by atoms with E-state index in [9.17, 15) is 4.79 Å². The summed E-state index contributed by atoms with van der Waals surface area (Å²) >= 11 is 19.2. The third kappa shape index (κ3) is 4.06. The summed E-state index contributed by atoms with van der Waals surface area (Å²) in [5.74, 6) is -0.200. The average Bonchev–Trinajstić information content (AvgIpc) is 2.97. The Bertz CT molecular complexity index is 838. The summed E-state index contributed by atoms with van der Waals surface area (Å²) in [5, 5.41) is 4.42. The Balaban J connectivity index is 1.79. The molecule has 2 aromatic carbocycles. The Morgan fingerprint density at radius 3 is 2.13 bits per heavy atom. The van der Waals surface area contributed by atoms with Gasteiger partial charge in [0.2, 0.25) is 0 Å². The molecule has 0 saturated carbocycles. The van der Waals surface area contributed by atoms with Gasteiger partial charge in [-0.3, -0.25) is 4.79 Å². The number of carbonyl (C=O) groups is 1. The van der Waals surface area contributed by atoms with Crippen molar-refractivity contribution >= 4 is 57.7 Å². The quantitative estimate of drug-likeness (QED) is 0.541. The van der Waals surface area contributed by atoms with Gasteiger partial charge in [0.15, 0.2) is 0 Å². The standard InChI is InChI=1S/C17H10Cl3NOS/c18-11-3-1-10(2-4-11)15-5-6-16(23-15)17(22)21-14-8-12(19)7-13(20)9-14/h1-9H,(H,21,22). The average molecular weight is 383 g/mol. The summed E-state index contributed by atoms with van der Waals surface area (Å²) in [4.78, 5) is 13.9. The van der Waals surface area contributed by atoms with E-state index in [0.29, 0.717) is 25.6 Å². The first-order valence-electron chi connectivity index (χ1n) is 6.64. The Kier molecular flexibility index (Phi) is 4.93. The zero-order chi connectivity index (χ0) is 16.4. The van der Waals surface area contributed by atoms with E-state index in [-0.39, 0.29) is 5.91 Å². The van der Waals surface area contributed by atoms with Crippen LogP contribution in [0.3, 0.4) is 0 Å². The number of benzene rings is 2. The van der Waals surface area contributed by atoms with Gasteiger partial charge in [-0.25, -0.2) is 0 Å². The van der Waals surface area contributed by atoms with Crippen LogP contribution in [0.5, 0.6) is 0 Å². The topological polar surface area (TPSA) is 29.1 Å². The lowest BCUT2D eigenvalue weighted by Gasteiger charge is -2.05. The summed E-state index contributed by atoms with van der Waals surface area (Å²) < 4.78 is 0. The maximum atomic E-state index is 12.3. The van der Waals surface area contributed by atoms with Crippen LogP contribution in [0.1, 0.15) is 9.67 Å². The smallest absolute Gasteiger partial charge is 0.265 e. The number of carbonyl (C=O) groups excluding carboxylic acids is 1. The summed E-state index contributed by atoms with van der Waals surface area (Å²) in [7, 11) is 0. The van der Waals surface area contributed by atoms with Crippen LogP contribution in [0.15, 0.2) is 54.6 Å². The minimum Gasteiger partial charge on any atom is -0.321 e. The second-order valence-corrected chi connectivity index (χ2v) is 7.18. The minimum absolute atomic E-state index is 0.200. The van der Waals surface area contributed by atoms with E-state index in [1.165, 1.54) is 11.3 Å². The number of rotatable bonds is 3. The molecule has 0 aliphatic rings. The van der Waals surface area contributed by atoms with E-state index in [1.807, 2.05) is 30.3 Å². The van der Waals surface area contributed by atoms with Crippen LogP contribution in [0.25, 0.3) is 10.4 Å². The molecule has 1 heterocycles. The molecular weight excluding hydrogens is 373 g/mol. The normalized spacial score (nSPS) is 10.6. The van der Waals surface area contributed by atoms with Crippen LogP contribution >= 0.6 is 46.1 Å². The van der Waals surface area contributed by atoms with Crippen molar-refractivity contribution in [3.63, 3.8) is 0 Å². The number of hydrogen-bond donors (Lipinski definition) is 1. The monoisotopic (exact) mass is 381 g/mol. The van der Waals surface area contributed by atoms with E-state index < -0.39 is 0 Å². The molecule has 0 aliphatic carbocycles. The second kappa shape index (κ2) is 6.93. The molecule has 1 aromatic heterocycles. The molecule has 0 saturated heterocycles. The molecule has 0 unspecified atom stereocenters. The van der Waals surface area contributed by atoms with Crippen molar-refractivity contribution in [1.82, 2.24) is 0 Å². The maximum absolute atomic E-state index is 12.3. The molecule has 1 N–H and O–H groups in total. The predicted octanol–water partition coefficient (Wildman–Crippen LogP) is 6.63. The molecule has 2 nitrogen and oxygen atoms in total. The van der Waals surface area contributed by atoms with E-state index >= 15 is 0 Å². The lowest BCUT2D eigenvalue weighted by molar-refractivity contribution is 0.103. The van der Waals surface area contributed by atoms with Gasteiger partial charge in [-0.1, -0.05) is 46.9 Å². The van der Waals surface area contributed by atoms with Crippen LogP contribution in [-0.2, 0) is 0 Å². The van der Waals surface area contributed by atoms with Crippen molar-refractivity contribution in [1.29, 1.82) is 0 Å². The van der Waals surface area contributed by atoms with Gasteiger partial charge >= 0.3 is 0 Å². The van der Waals surface area contributed by atoms with Crippen LogP contribution < -0.4 is 5.32 Å². The number of anilines is 1. The van der Waals surface area contributed by atoms with E-state index in [2.05, 4.69) is 5.32 Å². The van der Waals surface area contributed by atoms with Crippen LogP contribution in [-0.4, -0.2) is 5.91 Å². The molecule has 3 rings (SSSR count). The molecule has 23 heavy (non-hydrogen) atoms. The number of amides is 1. The fraction of sp³-hybridized carbons (Fsp3) is 0. The largest absolute Gasteiger partial charge is 0.321 e. The van der Waals surface area contributed by atoms with Gasteiger partial charge in [0, 0.05) is 25.6 Å². The van der Waals surface area contributed by atoms with Gasteiger partial charge in [-0.05, 0) is 48.0 Å². The third-order valence-corrected chi connectivity index (χ3v) is 4.90. The van der Waals surface area contributed by atoms with Gasteiger partial charge < -0.3 is 5.32 Å². The first-order valence-corrected chi connectivity index (χ1v) is 8.59. The molecule has 0 atom stereocenters. The van der Waals surface area contributed by atoms with Crippen LogP contribution in [0.2, 0.25) is 15.1 Å². The molecule has 0 fully saturated rings. The van der Waals surface area contributed by atoms with E-state index in [0.717, 1.165) is 10.4 Å². The number of halogens is 3. The van der Waals surface area contributed by atoms with Crippen molar-refractivity contribution in [2.75, 3.05) is 5.32 Å². The summed E-state index contributed by atoms with van der Waals surface area (Å²) in [5.41, 5.74) is 1.58. The van der Waals surface area contributed by atoms with Gasteiger partial charge in [0.1, 0.15) is 0 Å². The molecule has 0 bridgehead atoms. The molecule has 6 heteroatoms. The van der Waals surface area contributed by atoms with E-state index in [4.69, 9.17) is 34.8 Å².